The van der Waals surface area contributed by atoms with Crippen LogP contribution < -0.4 is 10.6 Å². The molecule has 0 aliphatic rings. The number of aromatic nitrogens is 7. The molecule has 16 heteroatoms. The van der Waals surface area contributed by atoms with Gasteiger partial charge in [0.05, 0.1) is 29.7 Å². The molecule has 0 unspecified atom stereocenters. The average molecular weight is 531 g/mol. The van der Waals surface area contributed by atoms with Gasteiger partial charge in [-0.2, -0.15) is 4.39 Å². The van der Waals surface area contributed by atoms with Crippen LogP contribution in [-0.4, -0.2) is 46.9 Å². The van der Waals surface area contributed by atoms with E-state index >= 15 is 0 Å². The number of rotatable bonds is 7. The van der Waals surface area contributed by atoms with Gasteiger partial charge >= 0.3 is 6.09 Å². The molecular weight excluding hydrogens is 514 g/mol. The van der Waals surface area contributed by atoms with Crippen LogP contribution in [0.3, 0.4) is 0 Å². The molecule has 0 aromatic carbocycles. The Morgan fingerprint density at radius 3 is 2.45 bits per heavy atom. The van der Waals surface area contributed by atoms with Crippen LogP contribution in [-0.2, 0) is 11.8 Å². The van der Waals surface area contributed by atoms with Crippen LogP contribution >= 0.6 is 0 Å². The Morgan fingerprint density at radius 1 is 1.00 bits per heavy atom. The Labute approximate surface area is 211 Å². The van der Waals surface area contributed by atoms with Gasteiger partial charge in [0, 0.05) is 13.2 Å². The van der Waals surface area contributed by atoms with E-state index in [2.05, 4.69) is 40.9 Å². The molecule has 0 radical (unpaired) electrons. The second-order valence-electron chi connectivity index (χ2n) is 7.63. The lowest BCUT2D eigenvalue weighted by Crippen LogP contribution is -2.19. The monoisotopic (exact) mass is 531 g/mol. The maximum atomic E-state index is 13.9. The first-order chi connectivity index (χ1) is 18.1. The van der Waals surface area contributed by atoms with E-state index < -0.39 is 42.0 Å². The number of alkyl halides is 2. The number of ether oxygens (including phenoxy) is 1. The van der Waals surface area contributed by atoms with Crippen LogP contribution in [0.1, 0.15) is 41.1 Å². The van der Waals surface area contributed by atoms with Gasteiger partial charge in [0.25, 0.3) is 12.3 Å². The lowest BCUT2D eigenvalue weighted by atomic mass is 10.2. The number of anilines is 2. The van der Waals surface area contributed by atoms with Crippen molar-refractivity contribution in [2.24, 2.45) is 7.05 Å². The molecule has 4 heterocycles. The number of halogens is 4. The number of nitrogens with zero attached hydrogens (tertiary/aromatic N) is 7. The third-order valence-electron chi connectivity index (χ3n) is 5.01. The molecule has 0 bridgehead atoms. The van der Waals surface area contributed by atoms with Gasteiger partial charge in [0.2, 0.25) is 5.95 Å². The van der Waals surface area contributed by atoms with Gasteiger partial charge in [-0.25, -0.2) is 37.6 Å². The number of hydrogen-bond acceptors (Lipinski definition) is 9. The molecule has 0 spiro atoms. The first-order valence-electron chi connectivity index (χ1n) is 10.7. The summed E-state index contributed by atoms with van der Waals surface area (Å²) in [6, 6.07) is 3.10. The fourth-order valence-electron chi connectivity index (χ4n) is 3.12. The van der Waals surface area contributed by atoms with Gasteiger partial charge in [-0.05, 0) is 25.1 Å². The molecule has 0 aliphatic carbocycles. The molecule has 4 aromatic heterocycles. The number of carbonyl (C=O) groups is 2. The summed E-state index contributed by atoms with van der Waals surface area (Å²) < 4.78 is 58.8. The highest BCUT2D eigenvalue weighted by Gasteiger charge is 2.22. The van der Waals surface area contributed by atoms with Crippen LogP contribution in [0.2, 0.25) is 0 Å². The second-order valence-corrected chi connectivity index (χ2v) is 7.63. The zero-order chi connectivity index (χ0) is 27.4. The Balaban J connectivity index is 1.43. The van der Waals surface area contributed by atoms with Crippen molar-refractivity contribution < 1.29 is 31.9 Å². The summed E-state index contributed by atoms with van der Waals surface area (Å²) >= 11 is 0. The van der Waals surface area contributed by atoms with E-state index in [1.54, 1.807) is 0 Å². The Hall–Kier alpha value is -5.02. The van der Waals surface area contributed by atoms with Crippen molar-refractivity contribution in [2.75, 3.05) is 10.6 Å². The molecule has 0 saturated heterocycles. The van der Waals surface area contributed by atoms with Gasteiger partial charge < -0.3 is 10.1 Å². The minimum absolute atomic E-state index is 0.0299. The number of amides is 2. The third-order valence-corrected chi connectivity index (χ3v) is 5.01. The second kappa shape index (κ2) is 10.9. The summed E-state index contributed by atoms with van der Waals surface area (Å²) in [5, 5.41) is 12.6. The van der Waals surface area contributed by atoms with Crippen molar-refractivity contribution in [3.63, 3.8) is 0 Å². The average Bonchev–Trinajstić information content (AvgIpc) is 3.25. The Bertz CT molecular complexity index is 1460. The molecular formula is C22H17F4N9O3. The van der Waals surface area contributed by atoms with Crippen molar-refractivity contribution in [1.29, 1.82) is 0 Å². The molecule has 4 rings (SSSR count). The van der Waals surface area contributed by atoms with Crippen LogP contribution in [0.25, 0.3) is 11.4 Å². The molecule has 1 atom stereocenters. The van der Waals surface area contributed by atoms with Crippen molar-refractivity contribution in [3.8, 4) is 11.4 Å². The normalized spacial score (nSPS) is 11.8. The standard InChI is InChI=1S/C22H17F4N9O3/c1-10(13-5-12(23)7-30-19(13)26)38-22(37)32-20-17(33-34-35(20)2)15-8-29-16(9-28-15)31-21(36)11-3-4-14(18(24)25)27-6-11/h3-10,18H,1-2H3,(H,32,37)(H,29,31,36)/t10-/m1/s1. The predicted molar refractivity (Wildman–Crippen MR) is 122 cm³/mol. The van der Waals surface area contributed by atoms with Crippen LogP contribution in [0.4, 0.5) is 34.0 Å². The quantitative estimate of drug-likeness (QED) is 0.268. The highest BCUT2D eigenvalue weighted by molar-refractivity contribution is 6.03. The van der Waals surface area contributed by atoms with Crippen molar-refractivity contribution >= 4 is 23.6 Å². The summed E-state index contributed by atoms with van der Waals surface area (Å²) in [4.78, 5) is 39.7. The molecule has 2 N–H and O–H groups in total. The number of nitrogens with one attached hydrogen (secondary N) is 2. The van der Waals surface area contributed by atoms with Gasteiger partial charge in [0.15, 0.2) is 17.3 Å². The molecule has 196 valence electrons. The number of aryl methyl sites for hydroxylation is 1. The highest BCUT2D eigenvalue weighted by atomic mass is 19.3. The molecule has 0 saturated carbocycles. The number of pyridine rings is 2. The largest absolute Gasteiger partial charge is 0.441 e. The van der Waals surface area contributed by atoms with E-state index in [0.29, 0.717) is 6.20 Å². The van der Waals surface area contributed by atoms with E-state index in [9.17, 15) is 27.2 Å². The van der Waals surface area contributed by atoms with E-state index in [4.69, 9.17) is 4.74 Å². The van der Waals surface area contributed by atoms with E-state index in [1.165, 1.54) is 37.1 Å². The van der Waals surface area contributed by atoms with Gasteiger partial charge in [-0.1, -0.05) is 5.21 Å². The van der Waals surface area contributed by atoms with Crippen molar-refractivity contribution in [1.82, 2.24) is 34.9 Å². The first kappa shape index (κ1) is 26.1. The number of carbonyl (C=O) groups excluding carboxylic acids is 2. The summed E-state index contributed by atoms with van der Waals surface area (Å²) in [5.41, 5.74) is -0.443. The van der Waals surface area contributed by atoms with Crippen LogP contribution in [0.5, 0.6) is 0 Å². The Kier molecular flexibility index (Phi) is 7.50. The summed E-state index contributed by atoms with van der Waals surface area (Å²) in [7, 11) is 1.47. The summed E-state index contributed by atoms with van der Waals surface area (Å²) in [6.45, 7) is 1.34. The molecule has 0 fully saturated rings. The summed E-state index contributed by atoms with van der Waals surface area (Å²) in [5.74, 6) is -2.34. The maximum Gasteiger partial charge on any atom is 0.413 e. The lowest BCUT2D eigenvalue weighted by Gasteiger charge is -2.15. The smallest absolute Gasteiger partial charge is 0.413 e. The topological polar surface area (TPSA) is 150 Å². The van der Waals surface area contributed by atoms with Crippen LogP contribution in [0, 0.1) is 11.8 Å². The van der Waals surface area contributed by atoms with E-state index in [1.807, 2.05) is 0 Å². The predicted octanol–water partition coefficient (Wildman–Crippen LogP) is 3.84. The van der Waals surface area contributed by atoms with Crippen LogP contribution in [0.15, 0.2) is 43.0 Å². The minimum atomic E-state index is -2.76. The minimum Gasteiger partial charge on any atom is -0.441 e. The number of hydrogen-bond donors (Lipinski definition) is 2. The molecule has 4 aromatic rings. The van der Waals surface area contributed by atoms with Gasteiger partial charge in [-0.3, -0.25) is 15.1 Å². The fraction of sp³-hybridized carbons (Fsp3) is 0.182. The first-order valence-corrected chi connectivity index (χ1v) is 10.7. The zero-order valence-electron chi connectivity index (χ0n) is 19.6. The van der Waals surface area contributed by atoms with Gasteiger partial charge in [-0.15, -0.1) is 5.10 Å². The van der Waals surface area contributed by atoms with Crippen molar-refractivity contribution in [2.45, 2.75) is 19.5 Å². The lowest BCUT2D eigenvalue weighted by molar-refractivity contribution is 0.102. The Morgan fingerprint density at radius 2 is 1.79 bits per heavy atom. The molecule has 38 heavy (non-hydrogen) atoms. The summed E-state index contributed by atoms with van der Waals surface area (Å²) in [6.07, 6.45) is -0.804. The third kappa shape index (κ3) is 5.85. The fourth-order valence-corrected chi connectivity index (χ4v) is 3.12. The molecule has 0 aliphatic heterocycles. The van der Waals surface area contributed by atoms with E-state index in [0.717, 1.165) is 18.3 Å². The zero-order valence-corrected chi connectivity index (χ0v) is 19.6. The van der Waals surface area contributed by atoms with Crippen molar-refractivity contribution in [3.05, 3.63) is 71.6 Å². The SMILES string of the molecule is C[C@@H](OC(=O)Nc1c(-c2cnc(NC(=O)c3ccc(C(F)F)nc3)cn2)nnn1C)c1cc(F)cnc1F. The highest BCUT2D eigenvalue weighted by Crippen LogP contribution is 2.25. The maximum absolute atomic E-state index is 13.9. The molecule has 12 nitrogen and oxygen atoms in total. The van der Waals surface area contributed by atoms with E-state index in [-0.39, 0.29) is 34.2 Å². The molecule has 2 amide bonds. The van der Waals surface area contributed by atoms with Gasteiger partial charge in [0.1, 0.15) is 23.3 Å².